The Morgan fingerprint density at radius 1 is 0.733 bits per heavy atom. The molecule has 1 atom stereocenters. The predicted octanol–water partition coefficient (Wildman–Crippen LogP) is 5.59. The van der Waals surface area contributed by atoms with Crippen LogP contribution in [0.15, 0.2) is 84.9 Å². The van der Waals surface area contributed by atoms with E-state index in [2.05, 4.69) is 24.3 Å². The van der Waals surface area contributed by atoms with Crippen molar-refractivity contribution in [1.29, 1.82) is 0 Å². The molecule has 0 saturated carbocycles. The van der Waals surface area contributed by atoms with Gasteiger partial charge in [-0.05, 0) is 66.1 Å². The van der Waals surface area contributed by atoms with Crippen LogP contribution >= 0.6 is 0 Å². The van der Waals surface area contributed by atoms with Gasteiger partial charge in [-0.3, -0.25) is 0 Å². The van der Waals surface area contributed by atoms with Crippen LogP contribution in [-0.2, 0) is 12.8 Å². The van der Waals surface area contributed by atoms with E-state index in [4.69, 9.17) is 10.2 Å². The Labute approximate surface area is 176 Å². The van der Waals surface area contributed by atoms with Crippen molar-refractivity contribution in [3.63, 3.8) is 0 Å². The van der Waals surface area contributed by atoms with Crippen LogP contribution in [0, 0.1) is 5.92 Å². The number of hydrogen-bond donors (Lipinski definition) is 2. The van der Waals surface area contributed by atoms with Crippen molar-refractivity contribution in [3.05, 3.63) is 113 Å². The van der Waals surface area contributed by atoms with Crippen molar-refractivity contribution in [1.82, 2.24) is 0 Å². The standard InChI is InChI=1S/C26H24O4/c27-25(28)23-14-10-20(11-15-23)7-9-21(8-6-19-4-2-1-3-5-19)18-22-12-16-24(17-13-22)26(29)30/h1-6,8,10-17,21H,7,9,18H2,(H,27,28)(H,29,30)/b8-6+. The van der Waals surface area contributed by atoms with Crippen LogP contribution in [0.5, 0.6) is 0 Å². The summed E-state index contributed by atoms with van der Waals surface area (Å²) in [6.07, 6.45) is 6.85. The highest BCUT2D eigenvalue weighted by Crippen LogP contribution is 2.20. The molecule has 152 valence electrons. The first kappa shape index (κ1) is 21.1. The number of carboxylic acid groups (broad SMARTS) is 2. The molecule has 3 aromatic rings. The van der Waals surface area contributed by atoms with E-state index in [-0.39, 0.29) is 17.0 Å². The summed E-state index contributed by atoms with van der Waals surface area (Å²) >= 11 is 0. The van der Waals surface area contributed by atoms with Gasteiger partial charge < -0.3 is 10.2 Å². The third-order valence-corrected chi connectivity index (χ3v) is 5.06. The number of hydrogen-bond acceptors (Lipinski definition) is 2. The largest absolute Gasteiger partial charge is 0.478 e. The van der Waals surface area contributed by atoms with Gasteiger partial charge >= 0.3 is 11.9 Å². The molecule has 0 fully saturated rings. The molecule has 2 N–H and O–H groups in total. The average molecular weight is 400 g/mol. The van der Waals surface area contributed by atoms with E-state index in [0.29, 0.717) is 0 Å². The summed E-state index contributed by atoms with van der Waals surface area (Å²) < 4.78 is 0. The topological polar surface area (TPSA) is 74.6 Å². The lowest BCUT2D eigenvalue weighted by Crippen LogP contribution is -2.05. The summed E-state index contributed by atoms with van der Waals surface area (Å²) in [7, 11) is 0. The van der Waals surface area contributed by atoms with Gasteiger partial charge in [-0.2, -0.15) is 0 Å². The Hall–Kier alpha value is -3.66. The fourth-order valence-corrected chi connectivity index (χ4v) is 3.33. The van der Waals surface area contributed by atoms with Crippen molar-refractivity contribution in [2.75, 3.05) is 0 Å². The van der Waals surface area contributed by atoms with Gasteiger partial charge in [-0.1, -0.05) is 66.7 Å². The summed E-state index contributed by atoms with van der Waals surface area (Å²) in [6, 6.07) is 24.1. The highest BCUT2D eigenvalue weighted by atomic mass is 16.4. The molecule has 4 heteroatoms. The maximum atomic E-state index is 11.1. The van der Waals surface area contributed by atoms with E-state index in [0.717, 1.165) is 36.0 Å². The highest BCUT2D eigenvalue weighted by molar-refractivity contribution is 5.88. The molecule has 0 bridgehead atoms. The molecule has 0 aliphatic heterocycles. The normalized spacial score (nSPS) is 12.0. The van der Waals surface area contributed by atoms with Gasteiger partial charge in [0.05, 0.1) is 11.1 Å². The first-order chi connectivity index (χ1) is 14.5. The Balaban J connectivity index is 1.71. The zero-order valence-electron chi connectivity index (χ0n) is 16.6. The van der Waals surface area contributed by atoms with Crippen molar-refractivity contribution >= 4 is 18.0 Å². The molecule has 0 aliphatic carbocycles. The second-order valence-corrected chi connectivity index (χ2v) is 7.28. The van der Waals surface area contributed by atoms with E-state index >= 15 is 0 Å². The third kappa shape index (κ3) is 6.17. The maximum Gasteiger partial charge on any atom is 0.335 e. The zero-order chi connectivity index (χ0) is 21.3. The van der Waals surface area contributed by atoms with Crippen LogP contribution in [0.1, 0.15) is 43.8 Å². The fraction of sp³-hybridized carbons (Fsp3) is 0.154. The van der Waals surface area contributed by atoms with Crippen LogP contribution in [0.4, 0.5) is 0 Å². The minimum absolute atomic E-state index is 0.264. The molecular formula is C26H24O4. The number of allylic oxidation sites excluding steroid dienone is 1. The smallest absolute Gasteiger partial charge is 0.335 e. The van der Waals surface area contributed by atoms with E-state index in [9.17, 15) is 9.59 Å². The Morgan fingerprint density at radius 3 is 1.80 bits per heavy atom. The molecule has 4 nitrogen and oxygen atoms in total. The lowest BCUT2D eigenvalue weighted by Gasteiger charge is -2.14. The van der Waals surface area contributed by atoms with Gasteiger partial charge in [-0.25, -0.2) is 9.59 Å². The molecule has 30 heavy (non-hydrogen) atoms. The van der Waals surface area contributed by atoms with Crippen molar-refractivity contribution < 1.29 is 19.8 Å². The van der Waals surface area contributed by atoms with Crippen LogP contribution in [-0.4, -0.2) is 22.2 Å². The molecule has 0 saturated heterocycles. The molecule has 0 spiro atoms. The van der Waals surface area contributed by atoms with Crippen LogP contribution in [0.2, 0.25) is 0 Å². The Morgan fingerprint density at radius 2 is 1.27 bits per heavy atom. The van der Waals surface area contributed by atoms with Crippen molar-refractivity contribution in [2.45, 2.75) is 19.3 Å². The number of aromatic carboxylic acids is 2. The lowest BCUT2D eigenvalue weighted by atomic mass is 9.91. The molecule has 0 aliphatic rings. The zero-order valence-corrected chi connectivity index (χ0v) is 16.6. The summed E-state index contributed by atoms with van der Waals surface area (Å²) in [5.74, 6) is -1.58. The Bertz CT molecular complexity index is 1000. The summed E-state index contributed by atoms with van der Waals surface area (Å²) in [4.78, 5) is 22.1. The lowest BCUT2D eigenvalue weighted by molar-refractivity contribution is 0.0686. The molecular weight excluding hydrogens is 376 g/mol. The van der Waals surface area contributed by atoms with E-state index in [1.54, 1.807) is 24.3 Å². The predicted molar refractivity (Wildman–Crippen MR) is 118 cm³/mol. The molecule has 0 amide bonds. The second-order valence-electron chi connectivity index (χ2n) is 7.28. The molecule has 3 rings (SSSR count). The van der Waals surface area contributed by atoms with Crippen LogP contribution < -0.4 is 0 Å². The summed E-state index contributed by atoms with van der Waals surface area (Å²) in [6.45, 7) is 0. The van der Waals surface area contributed by atoms with Crippen molar-refractivity contribution in [2.24, 2.45) is 5.92 Å². The SMILES string of the molecule is O=C(O)c1ccc(CCC(/C=C/c2ccccc2)Cc2ccc(C(=O)O)cc2)cc1. The molecule has 3 aromatic carbocycles. The molecule has 0 aromatic heterocycles. The molecule has 0 heterocycles. The third-order valence-electron chi connectivity index (χ3n) is 5.06. The van der Waals surface area contributed by atoms with Crippen molar-refractivity contribution in [3.8, 4) is 0 Å². The number of carboxylic acids is 2. The van der Waals surface area contributed by atoms with Gasteiger partial charge in [0.15, 0.2) is 0 Å². The van der Waals surface area contributed by atoms with E-state index < -0.39 is 11.9 Å². The molecule has 0 radical (unpaired) electrons. The number of carbonyl (C=O) groups is 2. The van der Waals surface area contributed by atoms with Gasteiger partial charge in [0, 0.05) is 0 Å². The second kappa shape index (κ2) is 10.2. The average Bonchev–Trinajstić information content (AvgIpc) is 2.77. The molecule has 1 unspecified atom stereocenters. The monoisotopic (exact) mass is 400 g/mol. The van der Waals surface area contributed by atoms with Gasteiger partial charge in [0.2, 0.25) is 0 Å². The number of aryl methyl sites for hydroxylation is 1. The van der Waals surface area contributed by atoms with Crippen LogP contribution in [0.25, 0.3) is 6.08 Å². The first-order valence-electron chi connectivity index (χ1n) is 9.89. The van der Waals surface area contributed by atoms with Gasteiger partial charge in [0.25, 0.3) is 0 Å². The number of rotatable bonds is 9. The van der Waals surface area contributed by atoms with E-state index in [1.165, 1.54) is 0 Å². The maximum absolute atomic E-state index is 11.1. The quantitative estimate of drug-likeness (QED) is 0.491. The summed E-state index contributed by atoms with van der Waals surface area (Å²) in [5.41, 5.74) is 3.89. The van der Waals surface area contributed by atoms with Gasteiger partial charge in [-0.15, -0.1) is 0 Å². The fourth-order valence-electron chi connectivity index (χ4n) is 3.33. The minimum Gasteiger partial charge on any atom is -0.478 e. The van der Waals surface area contributed by atoms with E-state index in [1.807, 2.05) is 42.5 Å². The van der Waals surface area contributed by atoms with Gasteiger partial charge in [0.1, 0.15) is 0 Å². The highest BCUT2D eigenvalue weighted by Gasteiger charge is 2.10. The first-order valence-corrected chi connectivity index (χ1v) is 9.89. The Kier molecular flexibility index (Phi) is 7.17. The minimum atomic E-state index is -0.924. The number of benzene rings is 3. The summed E-state index contributed by atoms with van der Waals surface area (Å²) in [5, 5.41) is 18.1. The van der Waals surface area contributed by atoms with Crippen LogP contribution in [0.3, 0.4) is 0 Å².